The number of hydrogen-bond donors (Lipinski definition) is 2. The number of rotatable bonds is 3. The number of carboxylic acids is 1. The van der Waals surface area contributed by atoms with Crippen molar-refractivity contribution >= 4 is 27.6 Å². The van der Waals surface area contributed by atoms with Gasteiger partial charge in [-0.05, 0) is 12.1 Å². The summed E-state index contributed by atoms with van der Waals surface area (Å²) in [4.78, 5) is 10.5. The van der Waals surface area contributed by atoms with Gasteiger partial charge in [-0.15, -0.1) is 0 Å². The lowest BCUT2D eigenvalue weighted by Crippen LogP contribution is -2.56. The van der Waals surface area contributed by atoms with E-state index >= 15 is 0 Å². The number of nitrogens with zero attached hydrogens (tertiary/aromatic N) is 1. The van der Waals surface area contributed by atoms with Crippen molar-refractivity contribution in [2.75, 3.05) is 19.6 Å². The molecule has 0 aliphatic carbocycles. The average molecular weight is 323 g/mol. The molecule has 1 aliphatic rings. The van der Waals surface area contributed by atoms with Gasteiger partial charge in [-0.25, -0.2) is 12.8 Å². The Labute approximate surface area is 120 Å². The molecular weight excluding hydrogens is 311 g/mol. The Hall–Kier alpha value is -1.22. The summed E-state index contributed by atoms with van der Waals surface area (Å²) in [5, 5.41) is 11.5. The Balaban J connectivity index is 2.48. The SMILES string of the molecule is O=C(O)C1CNCCN1S(=O)(=O)c1cccc(Cl)c1F. The van der Waals surface area contributed by atoms with Crippen LogP contribution in [0.5, 0.6) is 0 Å². The second-order valence-electron chi connectivity index (χ2n) is 4.23. The fraction of sp³-hybridized carbons (Fsp3) is 0.364. The lowest BCUT2D eigenvalue weighted by molar-refractivity contribution is -0.141. The maximum Gasteiger partial charge on any atom is 0.323 e. The van der Waals surface area contributed by atoms with E-state index in [1.807, 2.05) is 0 Å². The van der Waals surface area contributed by atoms with Crippen LogP contribution in [0.15, 0.2) is 23.1 Å². The Morgan fingerprint density at radius 1 is 1.50 bits per heavy atom. The van der Waals surface area contributed by atoms with Crippen LogP contribution in [-0.4, -0.2) is 49.5 Å². The normalized spacial score (nSPS) is 20.8. The molecule has 110 valence electrons. The molecule has 20 heavy (non-hydrogen) atoms. The van der Waals surface area contributed by atoms with E-state index in [4.69, 9.17) is 16.7 Å². The predicted molar refractivity (Wildman–Crippen MR) is 69.6 cm³/mol. The van der Waals surface area contributed by atoms with Crippen LogP contribution in [0.2, 0.25) is 5.02 Å². The quantitative estimate of drug-likeness (QED) is 0.847. The highest BCUT2D eigenvalue weighted by atomic mass is 35.5. The summed E-state index contributed by atoms with van der Waals surface area (Å²) in [6.45, 7) is 0.215. The van der Waals surface area contributed by atoms with E-state index in [0.717, 1.165) is 10.4 Å². The monoisotopic (exact) mass is 322 g/mol. The summed E-state index contributed by atoms with van der Waals surface area (Å²) in [6.07, 6.45) is 0. The van der Waals surface area contributed by atoms with Crippen molar-refractivity contribution in [3.05, 3.63) is 29.0 Å². The lowest BCUT2D eigenvalue weighted by atomic mass is 10.2. The molecule has 6 nitrogen and oxygen atoms in total. The number of aliphatic carboxylic acids is 1. The highest BCUT2D eigenvalue weighted by Gasteiger charge is 2.39. The van der Waals surface area contributed by atoms with E-state index in [1.54, 1.807) is 0 Å². The Bertz CT molecular complexity index is 637. The van der Waals surface area contributed by atoms with Crippen molar-refractivity contribution in [3.8, 4) is 0 Å². The second kappa shape index (κ2) is 5.65. The molecule has 1 aromatic carbocycles. The van der Waals surface area contributed by atoms with Gasteiger partial charge in [0.05, 0.1) is 5.02 Å². The van der Waals surface area contributed by atoms with Gasteiger partial charge >= 0.3 is 5.97 Å². The Morgan fingerprint density at radius 2 is 2.20 bits per heavy atom. The average Bonchev–Trinajstić information content (AvgIpc) is 2.41. The van der Waals surface area contributed by atoms with Gasteiger partial charge in [0.25, 0.3) is 0 Å². The molecule has 1 atom stereocenters. The molecule has 9 heteroatoms. The number of nitrogens with one attached hydrogen (secondary N) is 1. The van der Waals surface area contributed by atoms with Crippen LogP contribution in [0.1, 0.15) is 0 Å². The van der Waals surface area contributed by atoms with Crippen molar-refractivity contribution in [2.24, 2.45) is 0 Å². The first kappa shape index (κ1) is 15.2. The number of halogens is 2. The first-order valence-electron chi connectivity index (χ1n) is 5.75. The number of hydrogen-bond acceptors (Lipinski definition) is 4. The third-order valence-electron chi connectivity index (χ3n) is 2.98. The standard InChI is InChI=1S/C11H12ClFN2O4S/c12-7-2-1-3-9(10(7)13)20(18,19)15-5-4-14-6-8(15)11(16)17/h1-3,8,14H,4-6H2,(H,16,17). The lowest BCUT2D eigenvalue weighted by Gasteiger charge is -2.32. The maximum absolute atomic E-state index is 13.9. The van der Waals surface area contributed by atoms with Crippen molar-refractivity contribution in [3.63, 3.8) is 0 Å². The molecule has 1 fully saturated rings. The van der Waals surface area contributed by atoms with Gasteiger partial charge in [0.2, 0.25) is 10.0 Å². The molecule has 1 aromatic rings. The van der Waals surface area contributed by atoms with Crippen LogP contribution in [0.4, 0.5) is 4.39 Å². The topological polar surface area (TPSA) is 86.7 Å². The molecule has 1 heterocycles. The van der Waals surface area contributed by atoms with E-state index < -0.39 is 32.7 Å². The molecule has 2 rings (SSSR count). The van der Waals surface area contributed by atoms with E-state index in [0.29, 0.717) is 6.54 Å². The molecule has 2 N–H and O–H groups in total. The molecule has 0 bridgehead atoms. The van der Waals surface area contributed by atoms with Crippen LogP contribution in [-0.2, 0) is 14.8 Å². The number of piperazine rings is 1. The van der Waals surface area contributed by atoms with Gasteiger partial charge in [0.1, 0.15) is 10.9 Å². The first-order valence-corrected chi connectivity index (χ1v) is 7.57. The Morgan fingerprint density at radius 3 is 2.85 bits per heavy atom. The van der Waals surface area contributed by atoms with E-state index in [9.17, 15) is 17.6 Å². The summed E-state index contributed by atoms with van der Waals surface area (Å²) in [7, 11) is -4.26. The third-order valence-corrected chi connectivity index (χ3v) is 5.20. The van der Waals surface area contributed by atoms with Crippen LogP contribution < -0.4 is 5.32 Å². The van der Waals surface area contributed by atoms with Gasteiger partial charge < -0.3 is 10.4 Å². The van der Waals surface area contributed by atoms with Gasteiger partial charge in [-0.2, -0.15) is 4.31 Å². The van der Waals surface area contributed by atoms with Crippen LogP contribution in [0.3, 0.4) is 0 Å². The zero-order chi connectivity index (χ0) is 14.9. The fourth-order valence-corrected chi connectivity index (χ4v) is 3.89. The zero-order valence-corrected chi connectivity index (χ0v) is 11.8. The van der Waals surface area contributed by atoms with Crippen LogP contribution >= 0.6 is 11.6 Å². The molecule has 1 unspecified atom stereocenters. The largest absolute Gasteiger partial charge is 0.480 e. The van der Waals surface area contributed by atoms with Gasteiger partial charge in [0.15, 0.2) is 5.82 Å². The maximum atomic E-state index is 13.9. The van der Waals surface area contributed by atoms with Crippen molar-refractivity contribution in [2.45, 2.75) is 10.9 Å². The van der Waals surface area contributed by atoms with Gasteiger partial charge in [-0.3, -0.25) is 4.79 Å². The molecule has 0 amide bonds. The molecule has 1 aliphatic heterocycles. The van der Waals surface area contributed by atoms with E-state index in [2.05, 4.69) is 5.32 Å². The van der Waals surface area contributed by atoms with E-state index in [1.165, 1.54) is 12.1 Å². The van der Waals surface area contributed by atoms with Crippen LogP contribution in [0, 0.1) is 5.82 Å². The molecule has 0 saturated carbocycles. The summed E-state index contributed by atoms with van der Waals surface area (Å²) < 4.78 is 39.5. The molecule has 0 radical (unpaired) electrons. The third kappa shape index (κ3) is 2.64. The van der Waals surface area contributed by atoms with Gasteiger partial charge in [-0.1, -0.05) is 17.7 Å². The number of benzene rings is 1. The minimum absolute atomic E-state index is 0.0310. The van der Waals surface area contributed by atoms with Gasteiger partial charge in [0, 0.05) is 19.6 Å². The summed E-state index contributed by atoms with van der Waals surface area (Å²) in [5.74, 6) is -2.36. The summed E-state index contributed by atoms with van der Waals surface area (Å²) >= 11 is 5.57. The second-order valence-corrected chi connectivity index (χ2v) is 6.49. The fourth-order valence-electron chi connectivity index (χ4n) is 1.99. The highest BCUT2D eigenvalue weighted by molar-refractivity contribution is 7.89. The van der Waals surface area contributed by atoms with E-state index in [-0.39, 0.29) is 18.1 Å². The Kier molecular flexibility index (Phi) is 4.28. The smallest absolute Gasteiger partial charge is 0.323 e. The van der Waals surface area contributed by atoms with Crippen molar-refractivity contribution in [1.29, 1.82) is 0 Å². The highest BCUT2D eigenvalue weighted by Crippen LogP contribution is 2.26. The number of carboxylic acid groups (broad SMARTS) is 1. The summed E-state index contributed by atoms with van der Waals surface area (Å²) in [6, 6.07) is 2.32. The van der Waals surface area contributed by atoms with Crippen molar-refractivity contribution in [1.82, 2.24) is 9.62 Å². The number of sulfonamides is 1. The minimum atomic E-state index is -4.26. The van der Waals surface area contributed by atoms with Crippen LogP contribution in [0.25, 0.3) is 0 Å². The molecule has 0 spiro atoms. The predicted octanol–water partition coefficient (Wildman–Crippen LogP) is 0.526. The zero-order valence-electron chi connectivity index (χ0n) is 10.2. The minimum Gasteiger partial charge on any atom is -0.480 e. The molecule has 0 aromatic heterocycles. The molecular formula is C11H12ClFN2O4S. The first-order chi connectivity index (χ1) is 9.35. The number of carbonyl (C=O) groups is 1. The molecule has 1 saturated heterocycles. The summed E-state index contributed by atoms with van der Waals surface area (Å²) in [5.41, 5.74) is 0. The van der Waals surface area contributed by atoms with Crippen molar-refractivity contribution < 1.29 is 22.7 Å².